The molecule has 0 bridgehead atoms. The van der Waals surface area contributed by atoms with E-state index >= 15 is 0 Å². The Hall–Kier alpha value is -2.39. The van der Waals surface area contributed by atoms with Gasteiger partial charge in [-0.1, -0.05) is 23.8 Å². The van der Waals surface area contributed by atoms with Gasteiger partial charge in [-0.05, 0) is 44.7 Å². The SMILES string of the molecule is Cc1ccc(S(=O)(=O)NCC(=O)NCC(=O)NNC2=CCCCC2)cc1. The third-order valence-electron chi connectivity index (χ3n) is 3.85. The van der Waals surface area contributed by atoms with Gasteiger partial charge >= 0.3 is 0 Å². The van der Waals surface area contributed by atoms with Crippen LogP contribution in [0.5, 0.6) is 0 Å². The Labute approximate surface area is 153 Å². The Morgan fingerprint density at radius 3 is 2.42 bits per heavy atom. The molecule has 0 radical (unpaired) electrons. The molecular formula is C17H24N4O4S. The number of hydrazine groups is 1. The first-order chi connectivity index (χ1) is 12.4. The van der Waals surface area contributed by atoms with Gasteiger partial charge < -0.3 is 10.7 Å². The zero-order valence-corrected chi connectivity index (χ0v) is 15.5. The van der Waals surface area contributed by atoms with E-state index < -0.39 is 28.4 Å². The van der Waals surface area contributed by atoms with Gasteiger partial charge in [0.05, 0.1) is 18.0 Å². The van der Waals surface area contributed by atoms with Crippen LogP contribution in [-0.4, -0.2) is 33.3 Å². The molecule has 1 aromatic rings. The Kier molecular flexibility index (Phi) is 7.16. The number of hydrogen-bond donors (Lipinski definition) is 4. The fraction of sp³-hybridized carbons (Fsp3) is 0.412. The highest BCUT2D eigenvalue weighted by molar-refractivity contribution is 7.89. The summed E-state index contributed by atoms with van der Waals surface area (Å²) in [7, 11) is -3.77. The molecule has 1 aliphatic rings. The van der Waals surface area contributed by atoms with E-state index in [9.17, 15) is 18.0 Å². The van der Waals surface area contributed by atoms with E-state index in [1.807, 2.05) is 13.0 Å². The van der Waals surface area contributed by atoms with Crippen LogP contribution in [0.1, 0.15) is 31.2 Å². The van der Waals surface area contributed by atoms with Crippen molar-refractivity contribution in [2.45, 2.75) is 37.5 Å². The highest BCUT2D eigenvalue weighted by Crippen LogP contribution is 2.13. The molecule has 26 heavy (non-hydrogen) atoms. The molecule has 2 rings (SSSR count). The number of hydrogen-bond acceptors (Lipinski definition) is 5. The van der Waals surface area contributed by atoms with Crippen LogP contribution in [0.2, 0.25) is 0 Å². The predicted octanol–water partition coefficient (Wildman–Crippen LogP) is 0.468. The fourth-order valence-corrected chi connectivity index (χ4v) is 3.33. The lowest BCUT2D eigenvalue weighted by Crippen LogP contribution is -2.45. The second-order valence-corrected chi connectivity index (χ2v) is 7.83. The molecule has 0 aliphatic heterocycles. The summed E-state index contributed by atoms with van der Waals surface area (Å²) in [6, 6.07) is 6.28. The van der Waals surface area contributed by atoms with Crippen molar-refractivity contribution < 1.29 is 18.0 Å². The number of carbonyl (C=O) groups is 2. The summed E-state index contributed by atoms with van der Waals surface area (Å²) in [6.45, 7) is 1.16. The predicted molar refractivity (Wildman–Crippen MR) is 97.2 cm³/mol. The van der Waals surface area contributed by atoms with Crippen molar-refractivity contribution in [3.63, 3.8) is 0 Å². The van der Waals surface area contributed by atoms with Gasteiger partial charge in [-0.15, -0.1) is 0 Å². The summed E-state index contributed by atoms with van der Waals surface area (Å²) in [5.41, 5.74) is 7.22. The van der Waals surface area contributed by atoms with Gasteiger partial charge in [-0.25, -0.2) is 13.1 Å². The molecule has 4 N–H and O–H groups in total. The minimum atomic E-state index is -3.77. The van der Waals surface area contributed by atoms with E-state index in [1.165, 1.54) is 12.1 Å². The van der Waals surface area contributed by atoms with Crippen LogP contribution in [0, 0.1) is 6.92 Å². The number of nitrogens with one attached hydrogen (secondary N) is 4. The molecule has 0 aromatic heterocycles. The minimum absolute atomic E-state index is 0.0820. The number of carbonyl (C=O) groups excluding carboxylic acids is 2. The van der Waals surface area contributed by atoms with E-state index in [2.05, 4.69) is 20.9 Å². The van der Waals surface area contributed by atoms with E-state index in [0.29, 0.717) is 0 Å². The van der Waals surface area contributed by atoms with Crippen molar-refractivity contribution in [3.8, 4) is 0 Å². The maximum Gasteiger partial charge on any atom is 0.257 e. The third-order valence-corrected chi connectivity index (χ3v) is 5.27. The van der Waals surface area contributed by atoms with Crippen molar-refractivity contribution in [3.05, 3.63) is 41.6 Å². The van der Waals surface area contributed by atoms with Gasteiger partial charge in [0.25, 0.3) is 5.91 Å². The number of sulfonamides is 1. The summed E-state index contributed by atoms with van der Waals surface area (Å²) in [4.78, 5) is 23.5. The van der Waals surface area contributed by atoms with Crippen molar-refractivity contribution >= 4 is 21.8 Å². The first-order valence-corrected chi connectivity index (χ1v) is 9.92. The summed E-state index contributed by atoms with van der Waals surface area (Å²) in [5.74, 6) is -1.00. The van der Waals surface area contributed by atoms with Crippen molar-refractivity contribution in [1.82, 2.24) is 20.9 Å². The summed E-state index contributed by atoms with van der Waals surface area (Å²) in [6.07, 6.45) is 6.12. The van der Waals surface area contributed by atoms with Gasteiger partial charge in [0.1, 0.15) is 0 Å². The lowest BCUT2D eigenvalue weighted by atomic mass is 10.1. The van der Waals surface area contributed by atoms with Gasteiger partial charge in [0.15, 0.2) is 0 Å². The van der Waals surface area contributed by atoms with Crippen LogP contribution in [0.3, 0.4) is 0 Å². The van der Waals surface area contributed by atoms with E-state index in [1.54, 1.807) is 12.1 Å². The van der Waals surface area contributed by atoms with Crippen LogP contribution in [0.25, 0.3) is 0 Å². The summed E-state index contributed by atoms with van der Waals surface area (Å²) < 4.78 is 26.4. The Bertz CT molecular complexity index is 772. The second kappa shape index (κ2) is 9.35. The molecule has 142 valence electrons. The van der Waals surface area contributed by atoms with Crippen LogP contribution in [0.4, 0.5) is 0 Å². The maximum atomic E-state index is 12.1. The molecule has 2 amide bonds. The van der Waals surface area contributed by atoms with Crippen molar-refractivity contribution in [2.24, 2.45) is 0 Å². The Morgan fingerprint density at radius 2 is 1.77 bits per heavy atom. The topological polar surface area (TPSA) is 116 Å². The van der Waals surface area contributed by atoms with Crippen LogP contribution >= 0.6 is 0 Å². The molecule has 0 spiro atoms. The molecular weight excluding hydrogens is 356 g/mol. The first-order valence-electron chi connectivity index (χ1n) is 8.44. The monoisotopic (exact) mass is 380 g/mol. The normalized spacial score (nSPS) is 14.3. The summed E-state index contributed by atoms with van der Waals surface area (Å²) >= 11 is 0. The van der Waals surface area contributed by atoms with Gasteiger partial charge in [-0.2, -0.15) is 0 Å². The lowest BCUT2D eigenvalue weighted by molar-refractivity contribution is -0.125. The van der Waals surface area contributed by atoms with E-state index in [-0.39, 0.29) is 11.4 Å². The molecule has 0 unspecified atom stereocenters. The molecule has 1 aliphatic carbocycles. The van der Waals surface area contributed by atoms with Crippen LogP contribution in [0.15, 0.2) is 40.9 Å². The molecule has 1 aromatic carbocycles. The molecule has 0 saturated carbocycles. The van der Waals surface area contributed by atoms with E-state index in [0.717, 1.165) is 36.9 Å². The Morgan fingerprint density at radius 1 is 1.04 bits per heavy atom. The quantitative estimate of drug-likeness (QED) is 0.489. The molecule has 9 heteroatoms. The number of allylic oxidation sites excluding steroid dienone is 2. The zero-order valence-electron chi connectivity index (χ0n) is 14.7. The smallest absolute Gasteiger partial charge is 0.257 e. The summed E-state index contributed by atoms with van der Waals surface area (Å²) in [5, 5.41) is 2.37. The van der Waals surface area contributed by atoms with Crippen molar-refractivity contribution in [1.29, 1.82) is 0 Å². The maximum absolute atomic E-state index is 12.1. The van der Waals surface area contributed by atoms with Crippen LogP contribution in [-0.2, 0) is 19.6 Å². The fourth-order valence-electron chi connectivity index (χ4n) is 2.35. The highest BCUT2D eigenvalue weighted by Gasteiger charge is 2.15. The molecule has 0 fully saturated rings. The van der Waals surface area contributed by atoms with Gasteiger partial charge in [0.2, 0.25) is 15.9 Å². The number of rotatable bonds is 8. The number of amides is 2. The van der Waals surface area contributed by atoms with Crippen LogP contribution < -0.4 is 20.9 Å². The molecule has 0 heterocycles. The number of aryl methyl sites for hydroxylation is 1. The van der Waals surface area contributed by atoms with E-state index in [4.69, 9.17) is 0 Å². The average Bonchev–Trinajstić information content (AvgIpc) is 2.64. The van der Waals surface area contributed by atoms with Gasteiger partial charge in [-0.3, -0.25) is 15.0 Å². The van der Waals surface area contributed by atoms with Gasteiger partial charge in [0, 0.05) is 5.70 Å². The first kappa shape index (κ1) is 19.9. The standard InChI is InChI=1S/C17H24N4O4S/c1-13-7-9-15(10-8-13)26(24,25)19-12-16(22)18-11-17(23)21-20-14-5-3-2-4-6-14/h5,7-10,19-20H,2-4,6,11-12H2,1H3,(H,18,22)(H,21,23). The average molecular weight is 380 g/mol. The third kappa shape index (κ3) is 6.49. The molecule has 0 saturated heterocycles. The van der Waals surface area contributed by atoms with Crippen molar-refractivity contribution in [2.75, 3.05) is 13.1 Å². The largest absolute Gasteiger partial charge is 0.346 e. The zero-order chi connectivity index (χ0) is 19.0. The number of benzene rings is 1. The molecule has 0 atom stereocenters. The minimum Gasteiger partial charge on any atom is -0.346 e. The molecule has 8 nitrogen and oxygen atoms in total. The Balaban J connectivity index is 1.70. The second-order valence-electron chi connectivity index (χ2n) is 6.06. The highest BCUT2D eigenvalue weighted by atomic mass is 32.2. The lowest BCUT2D eigenvalue weighted by Gasteiger charge is -2.15.